The van der Waals surface area contributed by atoms with Gasteiger partial charge in [0.05, 0.1) is 5.52 Å². The standard InChI is InChI=1S/C15H22N6O2S/c22-24(23,20-7-1-2-8-20)21-9-3-6-19(10-11-21)15-14-13(4-5-16-14)17-12-18-15/h4-5,12,16H,1-3,6-11H2. The first-order valence-electron chi connectivity index (χ1n) is 8.44. The highest BCUT2D eigenvalue weighted by molar-refractivity contribution is 7.86. The molecule has 2 aromatic rings. The minimum Gasteiger partial charge on any atom is -0.357 e. The predicted octanol–water partition coefficient (Wildman–Crippen LogP) is 0.811. The molecule has 2 aromatic heterocycles. The Morgan fingerprint density at radius 2 is 1.67 bits per heavy atom. The Morgan fingerprint density at radius 1 is 0.917 bits per heavy atom. The first kappa shape index (κ1) is 15.8. The molecule has 1 N–H and O–H groups in total. The van der Waals surface area contributed by atoms with Crippen molar-refractivity contribution in [3.05, 3.63) is 18.6 Å². The van der Waals surface area contributed by atoms with Crippen molar-refractivity contribution in [3.8, 4) is 0 Å². The fraction of sp³-hybridized carbons (Fsp3) is 0.600. The van der Waals surface area contributed by atoms with Crippen molar-refractivity contribution in [1.29, 1.82) is 0 Å². The number of aromatic amines is 1. The Kier molecular flexibility index (Phi) is 4.15. The fourth-order valence-corrected chi connectivity index (χ4v) is 5.23. The van der Waals surface area contributed by atoms with Gasteiger partial charge in [-0.3, -0.25) is 0 Å². The van der Waals surface area contributed by atoms with E-state index >= 15 is 0 Å². The van der Waals surface area contributed by atoms with Gasteiger partial charge in [-0.2, -0.15) is 17.0 Å². The summed E-state index contributed by atoms with van der Waals surface area (Å²) in [5, 5.41) is 0. The molecule has 0 spiro atoms. The molecule has 0 unspecified atom stereocenters. The average Bonchev–Trinajstić information content (AvgIpc) is 3.22. The van der Waals surface area contributed by atoms with E-state index in [0.717, 1.165) is 42.7 Å². The van der Waals surface area contributed by atoms with Crippen molar-refractivity contribution in [3.63, 3.8) is 0 Å². The normalized spacial score (nSPS) is 21.4. The van der Waals surface area contributed by atoms with Gasteiger partial charge >= 0.3 is 0 Å². The van der Waals surface area contributed by atoms with Crippen LogP contribution in [0.5, 0.6) is 0 Å². The molecular weight excluding hydrogens is 328 g/mol. The second kappa shape index (κ2) is 6.30. The SMILES string of the molecule is O=S(=O)(N1CCCC1)N1CCCN(c2ncnc3cc[nH]c23)CC1. The lowest BCUT2D eigenvalue weighted by atomic mass is 10.3. The topological polar surface area (TPSA) is 85.4 Å². The lowest BCUT2D eigenvalue weighted by molar-refractivity contribution is 0.373. The second-order valence-electron chi connectivity index (χ2n) is 6.29. The zero-order valence-electron chi connectivity index (χ0n) is 13.6. The van der Waals surface area contributed by atoms with Crippen LogP contribution >= 0.6 is 0 Å². The van der Waals surface area contributed by atoms with Crippen LogP contribution in [-0.2, 0) is 10.2 Å². The number of hydrogen-bond acceptors (Lipinski definition) is 5. The van der Waals surface area contributed by atoms with Gasteiger partial charge in [0.2, 0.25) is 0 Å². The van der Waals surface area contributed by atoms with Crippen molar-refractivity contribution in [1.82, 2.24) is 23.6 Å². The first-order valence-corrected chi connectivity index (χ1v) is 9.84. The highest BCUT2D eigenvalue weighted by atomic mass is 32.2. The molecule has 130 valence electrons. The molecule has 0 aliphatic carbocycles. The summed E-state index contributed by atoms with van der Waals surface area (Å²) in [5.41, 5.74) is 1.79. The Bertz CT molecular complexity index is 814. The summed E-state index contributed by atoms with van der Waals surface area (Å²) < 4.78 is 28.8. The van der Waals surface area contributed by atoms with Gasteiger partial charge in [-0.25, -0.2) is 9.97 Å². The zero-order valence-corrected chi connectivity index (χ0v) is 14.4. The molecule has 2 aliphatic rings. The van der Waals surface area contributed by atoms with Gasteiger partial charge in [-0.15, -0.1) is 0 Å². The number of anilines is 1. The number of nitrogens with zero attached hydrogens (tertiary/aromatic N) is 5. The fourth-order valence-electron chi connectivity index (χ4n) is 3.52. The monoisotopic (exact) mass is 350 g/mol. The maximum absolute atomic E-state index is 12.8. The van der Waals surface area contributed by atoms with E-state index in [1.807, 2.05) is 12.3 Å². The van der Waals surface area contributed by atoms with E-state index in [0.29, 0.717) is 32.7 Å². The van der Waals surface area contributed by atoms with Gasteiger partial charge < -0.3 is 9.88 Å². The molecule has 0 saturated carbocycles. The average molecular weight is 350 g/mol. The maximum atomic E-state index is 12.8. The Hall–Kier alpha value is -1.71. The van der Waals surface area contributed by atoms with Gasteiger partial charge in [-0.05, 0) is 25.3 Å². The lowest BCUT2D eigenvalue weighted by Crippen LogP contribution is -2.44. The third kappa shape index (κ3) is 2.76. The van der Waals surface area contributed by atoms with Crippen molar-refractivity contribution in [2.75, 3.05) is 44.2 Å². The number of nitrogens with one attached hydrogen (secondary N) is 1. The number of H-pyrrole nitrogens is 1. The van der Waals surface area contributed by atoms with E-state index in [-0.39, 0.29) is 0 Å². The van der Waals surface area contributed by atoms with Crippen LogP contribution in [0.25, 0.3) is 11.0 Å². The van der Waals surface area contributed by atoms with Gasteiger partial charge in [0, 0.05) is 45.5 Å². The van der Waals surface area contributed by atoms with E-state index in [9.17, 15) is 8.42 Å². The smallest absolute Gasteiger partial charge is 0.282 e. The van der Waals surface area contributed by atoms with Crippen molar-refractivity contribution in [2.45, 2.75) is 19.3 Å². The van der Waals surface area contributed by atoms with Crippen LogP contribution in [0.3, 0.4) is 0 Å². The quantitative estimate of drug-likeness (QED) is 0.885. The van der Waals surface area contributed by atoms with Crippen molar-refractivity contribution in [2.24, 2.45) is 0 Å². The first-order chi connectivity index (χ1) is 11.7. The van der Waals surface area contributed by atoms with Crippen LogP contribution in [-0.4, -0.2) is 71.2 Å². The summed E-state index contributed by atoms with van der Waals surface area (Å²) in [4.78, 5) is 14.0. The molecule has 2 aliphatic heterocycles. The highest BCUT2D eigenvalue weighted by Crippen LogP contribution is 2.24. The summed E-state index contributed by atoms with van der Waals surface area (Å²) in [6.45, 7) is 3.78. The summed E-state index contributed by atoms with van der Waals surface area (Å²) in [5.74, 6) is 0.852. The Morgan fingerprint density at radius 3 is 2.50 bits per heavy atom. The summed E-state index contributed by atoms with van der Waals surface area (Å²) >= 11 is 0. The molecular formula is C15H22N6O2S. The summed E-state index contributed by atoms with van der Waals surface area (Å²) in [6, 6.07) is 1.92. The van der Waals surface area contributed by atoms with Crippen LogP contribution < -0.4 is 4.90 Å². The molecule has 0 amide bonds. The molecule has 0 aromatic carbocycles. The molecule has 2 saturated heterocycles. The molecule has 9 heteroatoms. The maximum Gasteiger partial charge on any atom is 0.282 e. The van der Waals surface area contributed by atoms with Crippen molar-refractivity contribution >= 4 is 27.1 Å². The molecule has 0 radical (unpaired) electrons. The molecule has 24 heavy (non-hydrogen) atoms. The number of hydrogen-bond donors (Lipinski definition) is 1. The van der Waals surface area contributed by atoms with Crippen LogP contribution in [0, 0.1) is 0 Å². The number of rotatable bonds is 3. The van der Waals surface area contributed by atoms with Gasteiger partial charge in [0.1, 0.15) is 11.8 Å². The minimum atomic E-state index is -3.32. The Labute approximate surface area is 141 Å². The van der Waals surface area contributed by atoms with Gasteiger partial charge in [0.15, 0.2) is 5.82 Å². The molecule has 4 rings (SSSR count). The molecule has 8 nitrogen and oxygen atoms in total. The predicted molar refractivity (Wildman–Crippen MR) is 92.0 cm³/mol. The molecule has 4 heterocycles. The van der Waals surface area contributed by atoms with E-state index < -0.39 is 10.2 Å². The molecule has 2 fully saturated rings. The third-order valence-corrected chi connectivity index (χ3v) is 6.83. The van der Waals surface area contributed by atoms with Crippen LogP contribution in [0.1, 0.15) is 19.3 Å². The zero-order chi connectivity index (χ0) is 16.6. The number of fused-ring (bicyclic) bond motifs is 1. The van der Waals surface area contributed by atoms with E-state index in [1.54, 1.807) is 14.9 Å². The molecule has 0 bridgehead atoms. The summed E-state index contributed by atoms with van der Waals surface area (Å²) in [7, 11) is -3.32. The van der Waals surface area contributed by atoms with E-state index in [4.69, 9.17) is 0 Å². The largest absolute Gasteiger partial charge is 0.357 e. The van der Waals surface area contributed by atoms with E-state index in [1.165, 1.54) is 0 Å². The molecule has 0 atom stereocenters. The van der Waals surface area contributed by atoms with E-state index in [2.05, 4.69) is 19.9 Å². The van der Waals surface area contributed by atoms with Crippen molar-refractivity contribution < 1.29 is 8.42 Å². The highest BCUT2D eigenvalue weighted by Gasteiger charge is 2.33. The van der Waals surface area contributed by atoms with Gasteiger partial charge in [-0.1, -0.05) is 0 Å². The third-order valence-electron chi connectivity index (χ3n) is 4.80. The number of aromatic nitrogens is 3. The van der Waals surface area contributed by atoms with Crippen LogP contribution in [0.2, 0.25) is 0 Å². The van der Waals surface area contributed by atoms with Crippen LogP contribution in [0.15, 0.2) is 18.6 Å². The summed E-state index contributed by atoms with van der Waals surface area (Å²) in [6.07, 6.45) is 6.13. The van der Waals surface area contributed by atoms with Crippen LogP contribution in [0.4, 0.5) is 5.82 Å². The second-order valence-corrected chi connectivity index (χ2v) is 8.22. The lowest BCUT2D eigenvalue weighted by Gasteiger charge is -2.26. The Balaban J connectivity index is 1.53. The minimum absolute atomic E-state index is 0.491. The van der Waals surface area contributed by atoms with Gasteiger partial charge in [0.25, 0.3) is 10.2 Å².